The molecule has 406 valence electrons. The number of aliphatic hydroxyl groups is 5. The predicted molar refractivity (Wildman–Crippen MR) is 287 cm³/mol. The molecular weight excluding hydrogens is 883 g/mol. The van der Waals surface area contributed by atoms with Crippen LogP contribution in [-0.4, -0.2) is 100 Å². The Labute approximate surface area is 427 Å². The van der Waals surface area contributed by atoms with Crippen LogP contribution < -0.4 is 5.32 Å². The Morgan fingerprint density at radius 2 is 0.986 bits per heavy atom. The molecule has 0 aromatic carbocycles. The van der Waals surface area contributed by atoms with Crippen LogP contribution in [-0.2, 0) is 23.8 Å². The lowest BCUT2D eigenvalue weighted by Crippen LogP contribution is -2.60. The van der Waals surface area contributed by atoms with Gasteiger partial charge in [-0.15, -0.1) is 0 Å². The van der Waals surface area contributed by atoms with E-state index in [1.54, 1.807) is 6.08 Å². The quantitative estimate of drug-likeness (QED) is 0.0196. The number of allylic oxidation sites excluding steroid dienone is 8. The number of amides is 1. The second-order valence-corrected chi connectivity index (χ2v) is 19.6. The van der Waals surface area contributed by atoms with E-state index in [9.17, 15) is 35.1 Å². The van der Waals surface area contributed by atoms with Crippen molar-refractivity contribution in [2.45, 2.75) is 281 Å². The first kappa shape index (κ1) is 65.4. The van der Waals surface area contributed by atoms with Gasteiger partial charge in [-0.25, -0.2) is 0 Å². The molecule has 0 aromatic heterocycles. The zero-order chi connectivity index (χ0) is 51.0. The SMILES string of the molecule is CCCC/C=C\CCCCCCCC(=O)OCC/C=C\C/C=C\CCCCCCCCCCCCCCCCC(=O)NC(COC1OC(CO)C(O)C(O)C1O)C(O)/C=C/CC/C=C/CCCCCC. The number of carbonyl (C=O) groups is 2. The van der Waals surface area contributed by atoms with E-state index in [1.807, 2.05) is 6.08 Å². The maximum atomic E-state index is 13.0. The van der Waals surface area contributed by atoms with Gasteiger partial charge in [0.15, 0.2) is 6.29 Å². The van der Waals surface area contributed by atoms with Gasteiger partial charge in [0.05, 0.1) is 32.0 Å². The van der Waals surface area contributed by atoms with Gasteiger partial charge >= 0.3 is 5.97 Å². The molecule has 1 heterocycles. The Morgan fingerprint density at radius 3 is 1.54 bits per heavy atom. The van der Waals surface area contributed by atoms with E-state index in [-0.39, 0.29) is 18.5 Å². The lowest BCUT2D eigenvalue weighted by molar-refractivity contribution is -0.302. The van der Waals surface area contributed by atoms with E-state index in [0.29, 0.717) is 19.4 Å². The summed E-state index contributed by atoms with van der Waals surface area (Å²) in [7, 11) is 0. The van der Waals surface area contributed by atoms with E-state index in [4.69, 9.17) is 14.2 Å². The van der Waals surface area contributed by atoms with E-state index in [2.05, 4.69) is 67.8 Å². The zero-order valence-electron chi connectivity index (χ0n) is 44.5. The van der Waals surface area contributed by atoms with Gasteiger partial charge in [0.25, 0.3) is 0 Å². The summed E-state index contributed by atoms with van der Waals surface area (Å²) >= 11 is 0. The number of carbonyl (C=O) groups excluding carboxylic acids is 2. The van der Waals surface area contributed by atoms with Crippen molar-refractivity contribution in [2.75, 3.05) is 19.8 Å². The molecule has 0 aliphatic carbocycles. The highest BCUT2D eigenvalue weighted by Gasteiger charge is 2.44. The van der Waals surface area contributed by atoms with Gasteiger partial charge in [0.1, 0.15) is 24.4 Å². The molecule has 0 radical (unpaired) electrons. The third kappa shape index (κ3) is 38.0. The Kier molecular flexibility index (Phi) is 45.4. The van der Waals surface area contributed by atoms with Crippen molar-refractivity contribution in [3.63, 3.8) is 0 Å². The summed E-state index contributed by atoms with van der Waals surface area (Å²) in [4.78, 5) is 25.0. The second-order valence-electron chi connectivity index (χ2n) is 19.6. The molecule has 1 aliphatic heterocycles. The number of ether oxygens (including phenoxy) is 3. The molecule has 70 heavy (non-hydrogen) atoms. The number of rotatable bonds is 48. The molecule has 1 fully saturated rings. The predicted octanol–water partition coefficient (Wildman–Crippen LogP) is 12.7. The van der Waals surface area contributed by atoms with Gasteiger partial charge in [-0.05, 0) is 83.5 Å². The minimum atomic E-state index is -1.58. The number of esters is 1. The lowest BCUT2D eigenvalue weighted by Gasteiger charge is -2.40. The normalized spacial score (nSPS) is 19.7. The molecule has 0 aromatic rings. The number of unbranched alkanes of at least 4 members (excludes halogenated alkanes) is 26. The van der Waals surface area contributed by atoms with Crippen LogP contribution in [0.4, 0.5) is 0 Å². The standard InChI is InChI=1S/C59H105NO10/c1-3-5-7-9-11-13-26-31-35-39-43-47-55(64)68-48-44-40-36-32-28-25-23-21-19-17-15-16-18-20-22-24-27-30-34-38-42-46-54(63)60-51(50-69-59-58(67)57(66)56(65)53(49-61)70-59)52(62)45-41-37-33-29-14-12-10-8-6-4-2/h9,11,14,25,28-29,36,40-41,45,51-53,56-59,61-62,65-67H,3-8,10,12-13,15-24,26-27,30-35,37-39,42-44,46-50H2,1-2H3,(H,60,63)/b11-9-,28-25-,29-14+,40-36-,45-41+. The van der Waals surface area contributed by atoms with Crippen molar-refractivity contribution in [1.82, 2.24) is 5.32 Å². The fraction of sp³-hybridized carbons (Fsp3) is 0.797. The van der Waals surface area contributed by atoms with Crippen molar-refractivity contribution in [3.05, 3.63) is 60.8 Å². The van der Waals surface area contributed by atoms with E-state index >= 15 is 0 Å². The van der Waals surface area contributed by atoms with Crippen molar-refractivity contribution in [3.8, 4) is 0 Å². The minimum Gasteiger partial charge on any atom is -0.465 e. The lowest BCUT2D eigenvalue weighted by atomic mass is 9.99. The molecule has 11 nitrogen and oxygen atoms in total. The topological polar surface area (TPSA) is 175 Å². The number of nitrogens with one attached hydrogen (secondary N) is 1. The highest BCUT2D eigenvalue weighted by atomic mass is 16.7. The Hall–Kier alpha value is -2.64. The van der Waals surface area contributed by atoms with Crippen molar-refractivity contribution < 1.29 is 49.3 Å². The molecule has 0 spiro atoms. The highest BCUT2D eigenvalue weighted by molar-refractivity contribution is 5.76. The first-order chi connectivity index (χ1) is 34.2. The maximum absolute atomic E-state index is 13.0. The highest BCUT2D eigenvalue weighted by Crippen LogP contribution is 2.23. The Balaban J connectivity index is 2.09. The van der Waals surface area contributed by atoms with E-state index < -0.39 is 49.5 Å². The van der Waals surface area contributed by atoms with Crippen LogP contribution in [0.1, 0.15) is 239 Å². The molecular formula is C59H105NO10. The fourth-order valence-electron chi connectivity index (χ4n) is 8.50. The third-order valence-electron chi connectivity index (χ3n) is 13.1. The van der Waals surface area contributed by atoms with Crippen molar-refractivity contribution in [2.24, 2.45) is 0 Å². The van der Waals surface area contributed by atoms with Crippen LogP contribution in [0.2, 0.25) is 0 Å². The fourth-order valence-corrected chi connectivity index (χ4v) is 8.50. The van der Waals surface area contributed by atoms with Crippen LogP contribution in [0.5, 0.6) is 0 Å². The summed E-state index contributed by atoms with van der Waals surface area (Å²) in [5.41, 5.74) is 0. The van der Waals surface area contributed by atoms with Gasteiger partial charge in [-0.3, -0.25) is 9.59 Å². The number of hydrogen-bond acceptors (Lipinski definition) is 10. The first-order valence-corrected chi connectivity index (χ1v) is 28.6. The summed E-state index contributed by atoms with van der Waals surface area (Å²) in [6, 6.07) is -0.831. The molecule has 7 unspecified atom stereocenters. The second kappa shape index (κ2) is 48.6. The summed E-state index contributed by atoms with van der Waals surface area (Å²) in [5, 5.41) is 54.2. The number of hydrogen-bond donors (Lipinski definition) is 6. The molecule has 7 atom stereocenters. The third-order valence-corrected chi connectivity index (χ3v) is 13.1. The molecule has 1 aliphatic rings. The van der Waals surface area contributed by atoms with Crippen LogP contribution in [0.25, 0.3) is 0 Å². The van der Waals surface area contributed by atoms with E-state index in [0.717, 1.165) is 77.0 Å². The smallest absolute Gasteiger partial charge is 0.305 e. The van der Waals surface area contributed by atoms with Crippen LogP contribution in [0, 0.1) is 0 Å². The van der Waals surface area contributed by atoms with Crippen molar-refractivity contribution >= 4 is 11.9 Å². The molecule has 1 amide bonds. The van der Waals surface area contributed by atoms with E-state index in [1.165, 1.54) is 135 Å². The molecule has 0 bridgehead atoms. The van der Waals surface area contributed by atoms with Crippen LogP contribution in [0.3, 0.4) is 0 Å². The average Bonchev–Trinajstić information content (AvgIpc) is 3.36. The largest absolute Gasteiger partial charge is 0.465 e. The minimum absolute atomic E-state index is 0.0611. The zero-order valence-corrected chi connectivity index (χ0v) is 44.5. The molecule has 0 saturated carbocycles. The van der Waals surface area contributed by atoms with Gasteiger partial charge < -0.3 is 45.1 Å². The van der Waals surface area contributed by atoms with Crippen LogP contribution >= 0.6 is 0 Å². The summed E-state index contributed by atoms with van der Waals surface area (Å²) in [6.45, 7) is 4.12. The van der Waals surface area contributed by atoms with Crippen molar-refractivity contribution in [1.29, 1.82) is 0 Å². The summed E-state index contributed by atoms with van der Waals surface area (Å²) in [5.74, 6) is -0.261. The maximum Gasteiger partial charge on any atom is 0.305 e. The summed E-state index contributed by atoms with van der Waals surface area (Å²) < 4.78 is 16.6. The number of aliphatic hydroxyl groups excluding tert-OH is 5. The molecule has 6 N–H and O–H groups in total. The monoisotopic (exact) mass is 988 g/mol. The Bertz CT molecular complexity index is 1350. The van der Waals surface area contributed by atoms with Gasteiger partial charge in [-0.2, -0.15) is 0 Å². The molecule has 11 heteroatoms. The Morgan fingerprint density at radius 1 is 0.529 bits per heavy atom. The van der Waals surface area contributed by atoms with Crippen LogP contribution in [0.15, 0.2) is 60.8 Å². The average molecular weight is 988 g/mol. The van der Waals surface area contributed by atoms with Gasteiger partial charge in [0.2, 0.25) is 5.91 Å². The first-order valence-electron chi connectivity index (χ1n) is 28.6. The van der Waals surface area contributed by atoms with Gasteiger partial charge in [-0.1, -0.05) is 203 Å². The molecule has 1 rings (SSSR count). The van der Waals surface area contributed by atoms with Gasteiger partial charge in [0, 0.05) is 12.8 Å². The molecule has 1 saturated heterocycles. The summed E-state index contributed by atoms with van der Waals surface area (Å²) in [6.07, 6.45) is 51.9.